The maximum Gasteiger partial charge on any atom is 0.107 e. The number of imidazole rings is 1. The van der Waals surface area contributed by atoms with Gasteiger partial charge in [-0.3, -0.25) is 0 Å². The lowest BCUT2D eigenvalue weighted by Crippen LogP contribution is -2.21. The van der Waals surface area contributed by atoms with Crippen molar-refractivity contribution in [2.24, 2.45) is 0 Å². The molecule has 0 radical (unpaired) electrons. The number of nitrogens with two attached hydrogens (primary N) is 1. The maximum atomic E-state index is 5.81. The summed E-state index contributed by atoms with van der Waals surface area (Å²) >= 11 is 0. The van der Waals surface area contributed by atoms with E-state index in [0.717, 1.165) is 42.0 Å². The number of hydrogen-bond acceptors (Lipinski definition) is 3. The first-order chi connectivity index (χ1) is 8.66. The summed E-state index contributed by atoms with van der Waals surface area (Å²) in [6, 6.07) is 6.24. The van der Waals surface area contributed by atoms with Crippen molar-refractivity contribution < 1.29 is 4.74 Å². The standard InChI is InChI=1S/C14H19N3O/c1-9(14-4-3-7-18-14)17-10(2)16-12-8-11(15)5-6-13(12)17/h5-6,8-9,14H,3-4,7,15H2,1-2H3. The van der Waals surface area contributed by atoms with E-state index in [1.807, 2.05) is 19.1 Å². The Morgan fingerprint density at radius 2 is 2.33 bits per heavy atom. The van der Waals surface area contributed by atoms with Gasteiger partial charge >= 0.3 is 0 Å². The molecule has 0 saturated carbocycles. The molecular weight excluding hydrogens is 226 g/mol. The van der Waals surface area contributed by atoms with Crippen LogP contribution >= 0.6 is 0 Å². The Morgan fingerprint density at radius 3 is 3.06 bits per heavy atom. The number of hydrogen-bond donors (Lipinski definition) is 1. The Hall–Kier alpha value is -1.55. The van der Waals surface area contributed by atoms with Gasteiger partial charge in [-0.25, -0.2) is 4.98 Å². The summed E-state index contributed by atoms with van der Waals surface area (Å²) in [5, 5.41) is 0. The van der Waals surface area contributed by atoms with Crippen molar-refractivity contribution >= 4 is 16.7 Å². The number of benzene rings is 1. The summed E-state index contributed by atoms with van der Waals surface area (Å²) in [7, 11) is 0. The Bertz CT molecular complexity index is 570. The van der Waals surface area contributed by atoms with Crippen LogP contribution in [0, 0.1) is 6.92 Å². The molecule has 1 aliphatic heterocycles. The maximum absolute atomic E-state index is 5.81. The SMILES string of the molecule is Cc1nc2cc(N)ccc2n1C(C)C1CCCO1. The molecule has 0 spiro atoms. The third-order valence-corrected chi connectivity index (χ3v) is 3.80. The highest BCUT2D eigenvalue weighted by atomic mass is 16.5. The van der Waals surface area contributed by atoms with Crippen molar-refractivity contribution in [3.8, 4) is 0 Å². The molecular formula is C14H19N3O. The Labute approximate surface area is 107 Å². The van der Waals surface area contributed by atoms with Crippen LogP contribution in [-0.4, -0.2) is 22.3 Å². The fourth-order valence-electron chi connectivity index (χ4n) is 2.90. The summed E-state index contributed by atoms with van der Waals surface area (Å²) in [6.07, 6.45) is 2.60. The fourth-order valence-corrected chi connectivity index (χ4v) is 2.90. The van der Waals surface area contributed by atoms with Crippen LogP contribution in [0.2, 0.25) is 0 Å². The predicted octanol–water partition coefficient (Wildman–Crippen LogP) is 2.67. The van der Waals surface area contributed by atoms with Gasteiger partial charge in [-0.15, -0.1) is 0 Å². The van der Waals surface area contributed by atoms with Crippen LogP contribution in [0.25, 0.3) is 11.0 Å². The first kappa shape index (κ1) is 11.5. The lowest BCUT2D eigenvalue weighted by molar-refractivity contribution is 0.0739. The molecule has 18 heavy (non-hydrogen) atoms. The van der Waals surface area contributed by atoms with Crippen molar-refractivity contribution in [3.63, 3.8) is 0 Å². The van der Waals surface area contributed by atoms with Gasteiger partial charge < -0.3 is 15.0 Å². The number of aryl methyl sites for hydroxylation is 1. The second-order valence-corrected chi connectivity index (χ2v) is 5.07. The van der Waals surface area contributed by atoms with Crippen LogP contribution < -0.4 is 5.73 Å². The molecule has 0 amide bonds. The summed E-state index contributed by atoms with van der Waals surface area (Å²) in [4.78, 5) is 4.59. The first-order valence-electron chi connectivity index (χ1n) is 6.52. The summed E-state index contributed by atoms with van der Waals surface area (Å²) in [6.45, 7) is 5.13. The number of ether oxygens (including phenoxy) is 1. The molecule has 0 aliphatic carbocycles. The number of nitrogen functional groups attached to an aromatic ring is 1. The van der Waals surface area contributed by atoms with Crippen LogP contribution in [0.5, 0.6) is 0 Å². The van der Waals surface area contributed by atoms with Crippen LogP contribution in [0.3, 0.4) is 0 Å². The quantitative estimate of drug-likeness (QED) is 0.828. The zero-order valence-electron chi connectivity index (χ0n) is 10.9. The molecule has 1 aliphatic rings. The molecule has 2 aromatic rings. The highest BCUT2D eigenvalue weighted by molar-refractivity contribution is 5.79. The van der Waals surface area contributed by atoms with E-state index >= 15 is 0 Å². The zero-order valence-corrected chi connectivity index (χ0v) is 10.9. The van der Waals surface area contributed by atoms with Crippen molar-refractivity contribution in [3.05, 3.63) is 24.0 Å². The lowest BCUT2D eigenvalue weighted by atomic mass is 10.1. The van der Waals surface area contributed by atoms with Crippen LogP contribution in [-0.2, 0) is 4.74 Å². The predicted molar refractivity (Wildman–Crippen MR) is 72.6 cm³/mol. The molecule has 3 rings (SSSR count). The van der Waals surface area contributed by atoms with E-state index in [1.165, 1.54) is 0 Å². The van der Waals surface area contributed by atoms with Crippen molar-refractivity contribution in [1.82, 2.24) is 9.55 Å². The highest BCUT2D eigenvalue weighted by Gasteiger charge is 2.25. The van der Waals surface area contributed by atoms with Gasteiger partial charge in [0, 0.05) is 12.3 Å². The summed E-state index contributed by atoms with van der Waals surface area (Å²) < 4.78 is 8.06. The molecule has 0 bridgehead atoms. The fraction of sp³-hybridized carbons (Fsp3) is 0.500. The molecule has 96 valence electrons. The van der Waals surface area contributed by atoms with E-state index < -0.39 is 0 Å². The topological polar surface area (TPSA) is 53.1 Å². The summed E-state index contributed by atoms with van der Waals surface area (Å²) in [5.41, 5.74) is 8.68. The second kappa shape index (κ2) is 4.28. The molecule has 1 fully saturated rings. The van der Waals surface area contributed by atoms with Gasteiger partial charge in [-0.1, -0.05) is 0 Å². The number of aromatic nitrogens is 2. The highest BCUT2D eigenvalue weighted by Crippen LogP contribution is 2.29. The van der Waals surface area contributed by atoms with Gasteiger partial charge in [-0.2, -0.15) is 0 Å². The third-order valence-electron chi connectivity index (χ3n) is 3.80. The van der Waals surface area contributed by atoms with E-state index in [2.05, 4.69) is 22.5 Å². The monoisotopic (exact) mass is 245 g/mol. The van der Waals surface area contributed by atoms with E-state index in [0.29, 0.717) is 12.1 Å². The van der Waals surface area contributed by atoms with Crippen molar-refractivity contribution in [2.45, 2.75) is 38.8 Å². The second-order valence-electron chi connectivity index (χ2n) is 5.07. The Kier molecular flexibility index (Phi) is 2.74. The van der Waals surface area contributed by atoms with Gasteiger partial charge in [0.15, 0.2) is 0 Å². The smallest absolute Gasteiger partial charge is 0.107 e. The van der Waals surface area contributed by atoms with Crippen LogP contribution in [0.1, 0.15) is 31.6 Å². The van der Waals surface area contributed by atoms with Gasteiger partial charge in [0.05, 0.1) is 23.2 Å². The largest absolute Gasteiger partial charge is 0.399 e. The normalized spacial score (nSPS) is 21.6. The van der Waals surface area contributed by atoms with E-state index in [4.69, 9.17) is 10.5 Å². The Morgan fingerprint density at radius 1 is 1.50 bits per heavy atom. The number of anilines is 1. The minimum absolute atomic E-state index is 0.304. The van der Waals surface area contributed by atoms with E-state index in [9.17, 15) is 0 Å². The molecule has 1 aromatic heterocycles. The van der Waals surface area contributed by atoms with Gasteiger partial charge in [0.2, 0.25) is 0 Å². The van der Waals surface area contributed by atoms with Crippen molar-refractivity contribution in [2.75, 3.05) is 12.3 Å². The average Bonchev–Trinajstić information content (AvgIpc) is 2.94. The molecule has 2 atom stereocenters. The van der Waals surface area contributed by atoms with Gasteiger partial charge in [-0.05, 0) is 44.9 Å². The summed E-state index contributed by atoms with van der Waals surface area (Å²) in [5.74, 6) is 1.03. The first-order valence-corrected chi connectivity index (χ1v) is 6.52. The van der Waals surface area contributed by atoms with Crippen LogP contribution in [0.4, 0.5) is 5.69 Å². The molecule has 2 unspecified atom stereocenters. The van der Waals surface area contributed by atoms with E-state index in [1.54, 1.807) is 0 Å². The number of rotatable bonds is 2. The van der Waals surface area contributed by atoms with Gasteiger partial charge in [0.25, 0.3) is 0 Å². The molecule has 1 saturated heterocycles. The van der Waals surface area contributed by atoms with E-state index in [-0.39, 0.29) is 0 Å². The minimum atomic E-state index is 0.304. The number of fused-ring (bicyclic) bond motifs is 1. The molecule has 2 heterocycles. The van der Waals surface area contributed by atoms with Crippen molar-refractivity contribution in [1.29, 1.82) is 0 Å². The number of nitrogens with zero attached hydrogens (tertiary/aromatic N) is 2. The van der Waals surface area contributed by atoms with Gasteiger partial charge in [0.1, 0.15) is 5.82 Å². The molecule has 4 nitrogen and oxygen atoms in total. The lowest BCUT2D eigenvalue weighted by Gasteiger charge is -2.22. The Balaban J connectivity index is 2.07. The minimum Gasteiger partial charge on any atom is -0.399 e. The third kappa shape index (κ3) is 1.77. The van der Waals surface area contributed by atoms with Crippen LogP contribution in [0.15, 0.2) is 18.2 Å². The average molecular weight is 245 g/mol. The molecule has 4 heteroatoms. The molecule has 2 N–H and O–H groups in total. The molecule has 1 aromatic carbocycles. The zero-order chi connectivity index (χ0) is 12.7.